The summed E-state index contributed by atoms with van der Waals surface area (Å²) >= 11 is 0. The van der Waals surface area contributed by atoms with Crippen LogP contribution in [0.3, 0.4) is 0 Å². The highest BCUT2D eigenvalue weighted by Crippen LogP contribution is 2.40. The van der Waals surface area contributed by atoms with Crippen LogP contribution in [0, 0.1) is 0 Å². The quantitative estimate of drug-likeness (QED) is 0.873. The first kappa shape index (κ1) is 17.4. The standard InChI is InChI=1S/C20H25NO4/c1-22-14-5-6-17(23-2)13(11-14)12-16-20-15(9-10-21-16)18(24-3)7-8-19(20)25-4/h5-8,11,16,21H,9-10,12H2,1-4H3/t16-/m0/s1. The van der Waals surface area contributed by atoms with Crippen molar-refractivity contribution >= 4 is 0 Å². The van der Waals surface area contributed by atoms with Crippen molar-refractivity contribution in [1.29, 1.82) is 0 Å². The Labute approximate surface area is 148 Å². The minimum absolute atomic E-state index is 0.120. The maximum absolute atomic E-state index is 5.63. The smallest absolute Gasteiger partial charge is 0.124 e. The van der Waals surface area contributed by atoms with Crippen molar-refractivity contribution in [1.82, 2.24) is 5.32 Å². The Morgan fingerprint density at radius 2 is 1.56 bits per heavy atom. The number of rotatable bonds is 6. The van der Waals surface area contributed by atoms with Gasteiger partial charge in [-0.1, -0.05) is 0 Å². The normalized spacial score (nSPS) is 16.1. The van der Waals surface area contributed by atoms with Crippen molar-refractivity contribution < 1.29 is 18.9 Å². The summed E-state index contributed by atoms with van der Waals surface area (Å²) in [4.78, 5) is 0. The third-order valence-corrected chi connectivity index (χ3v) is 4.74. The van der Waals surface area contributed by atoms with Crippen LogP contribution in [0.5, 0.6) is 23.0 Å². The average Bonchev–Trinajstić information content (AvgIpc) is 2.67. The van der Waals surface area contributed by atoms with Gasteiger partial charge in [-0.25, -0.2) is 0 Å². The summed E-state index contributed by atoms with van der Waals surface area (Å²) in [6.45, 7) is 0.896. The monoisotopic (exact) mass is 343 g/mol. The van der Waals surface area contributed by atoms with Crippen molar-refractivity contribution in [3.05, 3.63) is 47.0 Å². The largest absolute Gasteiger partial charge is 0.497 e. The summed E-state index contributed by atoms with van der Waals surface area (Å²) in [6.07, 6.45) is 1.69. The lowest BCUT2D eigenvalue weighted by molar-refractivity contribution is 0.370. The van der Waals surface area contributed by atoms with Gasteiger partial charge in [-0.3, -0.25) is 0 Å². The van der Waals surface area contributed by atoms with Crippen LogP contribution in [-0.2, 0) is 12.8 Å². The minimum atomic E-state index is 0.120. The summed E-state index contributed by atoms with van der Waals surface area (Å²) < 4.78 is 22.1. The van der Waals surface area contributed by atoms with Gasteiger partial charge in [-0.15, -0.1) is 0 Å². The fraction of sp³-hybridized carbons (Fsp3) is 0.400. The number of methoxy groups -OCH3 is 4. The molecule has 0 spiro atoms. The van der Waals surface area contributed by atoms with Crippen LogP contribution in [0.25, 0.3) is 0 Å². The van der Waals surface area contributed by atoms with E-state index in [2.05, 4.69) is 5.32 Å². The molecule has 0 aliphatic carbocycles. The predicted octanol–water partition coefficient (Wildman–Crippen LogP) is 3.15. The second-order valence-corrected chi connectivity index (χ2v) is 6.00. The molecule has 0 aromatic heterocycles. The van der Waals surface area contributed by atoms with E-state index in [-0.39, 0.29) is 6.04 Å². The second kappa shape index (κ2) is 7.66. The van der Waals surface area contributed by atoms with Crippen LogP contribution in [0.1, 0.15) is 22.7 Å². The van der Waals surface area contributed by atoms with Gasteiger partial charge < -0.3 is 24.3 Å². The number of nitrogens with one attached hydrogen (secondary N) is 1. The molecule has 1 heterocycles. The molecule has 2 aromatic carbocycles. The zero-order valence-electron chi connectivity index (χ0n) is 15.2. The molecule has 0 amide bonds. The summed E-state index contributed by atoms with van der Waals surface area (Å²) in [5, 5.41) is 3.61. The molecule has 5 heteroatoms. The van der Waals surface area contributed by atoms with Gasteiger partial charge in [0, 0.05) is 17.2 Å². The Kier molecular flexibility index (Phi) is 5.34. The van der Waals surface area contributed by atoms with Gasteiger partial charge in [0.15, 0.2) is 0 Å². The zero-order chi connectivity index (χ0) is 17.8. The number of ether oxygens (including phenoxy) is 4. The third kappa shape index (κ3) is 3.37. The van der Waals surface area contributed by atoms with Crippen molar-refractivity contribution in [3.8, 4) is 23.0 Å². The van der Waals surface area contributed by atoms with Gasteiger partial charge in [0.1, 0.15) is 23.0 Å². The summed E-state index contributed by atoms with van der Waals surface area (Å²) in [5.41, 5.74) is 3.47. The van der Waals surface area contributed by atoms with E-state index in [4.69, 9.17) is 18.9 Å². The molecule has 134 valence electrons. The van der Waals surface area contributed by atoms with Crippen molar-refractivity contribution in [2.24, 2.45) is 0 Å². The second-order valence-electron chi connectivity index (χ2n) is 6.00. The molecule has 1 N–H and O–H groups in total. The molecule has 0 saturated heterocycles. The third-order valence-electron chi connectivity index (χ3n) is 4.74. The summed E-state index contributed by atoms with van der Waals surface area (Å²) in [6, 6.07) is 9.96. The molecule has 0 radical (unpaired) electrons. The highest BCUT2D eigenvalue weighted by molar-refractivity contribution is 5.53. The first-order valence-electron chi connectivity index (χ1n) is 8.39. The van der Waals surface area contributed by atoms with Crippen LogP contribution < -0.4 is 24.3 Å². The zero-order valence-corrected chi connectivity index (χ0v) is 15.2. The van der Waals surface area contributed by atoms with Crippen molar-refractivity contribution in [2.45, 2.75) is 18.9 Å². The number of fused-ring (bicyclic) bond motifs is 1. The lowest BCUT2D eigenvalue weighted by Crippen LogP contribution is -2.32. The molecular formula is C20H25NO4. The average molecular weight is 343 g/mol. The van der Waals surface area contributed by atoms with E-state index in [0.717, 1.165) is 53.5 Å². The Morgan fingerprint density at radius 3 is 2.24 bits per heavy atom. The number of hydrogen-bond acceptors (Lipinski definition) is 5. The number of hydrogen-bond donors (Lipinski definition) is 1. The molecule has 1 aliphatic rings. The van der Waals surface area contributed by atoms with Crippen LogP contribution in [0.4, 0.5) is 0 Å². The maximum Gasteiger partial charge on any atom is 0.124 e. The van der Waals surface area contributed by atoms with E-state index in [9.17, 15) is 0 Å². The van der Waals surface area contributed by atoms with Gasteiger partial charge in [-0.05, 0) is 55.3 Å². The Morgan fingerprint density at radius 1 is 0.880 bits per heavy atom. The molecule has 25 heavy (non-hydrogen) atoms. The van der Waals surface area contributed by atoms with Gasteiger partial charge >= 0.3 is 0 Å². The van der Waals surface area contributed by atoms with E-state index >= 15 is 0 Å². The molecule has 0 bridgehead atoms. The van der Waals surface area contributed by atoms with Crippen LogP contribution >= 0.6 is 0 Å². The van der Waals surface area contributed by atoms with Gasteiger partial charge in [0.25, 0.3) is 0 Å². The van der Waals surface area contributed by atoms with Gasteiger partial charge in [0.2, 0.25) is 0 Å². The Balaban J connectivity index is 2.02. The highest BCUT2D eigenvalue weighted by Gasteiger charge is 2.27. The predicted molar refractivity (Wildman–Crippen MR) is 97.2 cm³/mol. The van der Waals surface area contributed by atoms with E-state index in [1.54, 1.807) is 28.4 Å². The van der Waals surface area contributed by atoms with E-state index < -0.39 is 0 Å². The highest BCUT2D eigenvalue weighted by atomic mass is 16.5. The minimum Gasteiger partial charge on any atom is -0.497 e. The van der Waals surface area contributed by atoms with Gasteiger partial charge in [-0.2, -0.15) is 0 Å². The van der Waals surface area contributed by atoms with Crippen LogP contribution in [0.2, 0.25) is 0 Å². The fourth-order valence-corrected chi connectivity index (χ4v) is 3.54. The molecule has 3 rings (SSSR count). The first-order chi connectivity index (χ1) is 12.2. The molecule has 0 unspecified atom stereocenters. The fourth-order valence-electron chi connectivity index (χ4n) is 3.54. The van der Waals surface area contributed by atoms with E-state index in [1.165, 1.54) is 5.56 Å². The SMILES string of the molecule is COc1ccc(OC)c(C[C@@H]2NCCc3c(OC)ccc(OC)c32)c1. The molecule has 5 nitrogen and oxygen atoms in total. The maximum atomic E-state index is 5.63. The lowest BCUT2D eigenvalue weighted by atomic mass is 9.88. The molecule has 2 aromatic rings. The molecule has 0 saturated carbocycles. The van der Waals surface area contributed by atoms with Crippen LogP contribution in [-0.4, -0.2) is 35.0 Å². The molecule has 0 fully saturated rings. The molecule has 1 aliphatic heterocycles. The van der Waals surface area contributed by atoms with Gasteiger partial charge in [0.05, 0.1) is 28.4 Å². The first-order valence-corrected chi connectivity index (χ1v) is 8.39. The molecule has 1 atom stereocenters. The lowest BCUT2D eigenvalue weighted by Gasteiger charge is -2.30. The Hall–Kier alpha value is -2.40. The van der Waals surface area contributed by atoms with Crippen molar-refractivity contribution in [3.63, 3.8) is 0 Å². The van der Waals surface area contributed by atoms with Crippen molar-refractivity contribution in [2.75, 3.05) is 35.0 Å². The molecular weight excluding hydrogens is 318 g/mol. The van der Waals surface area contributed by atoms with E-state index in [1.807, 2.05) is 30.3 Å². The van der Waals surface area contributed by atoms with E-state index in [0.29, 0.717) is 0 Å². The van der Waals surface area contributed by atoms with Crippen LogP contribution in [0.15, 0.2) is 30.3 Å². The topological polar surface area (TPSA) is 49.0 Å². The summed E-state index contributed by atoms with van der Waals surface area (Å²) in [7, 11) is 6.79. The number of benzene rings is 2. The summed E-state index contributed by atoms with van der Waals surface area (Å²) in [5.74, 6) is 3.48. The Bertz CT molecular complexity index is 745.